The fraction of sp³-hybridized carbons (Fsp3) is 0.538. The second-order valence-electron chi connectivity index (χ2n) is 5.11. The molecule has 3 heteroatoms. The van der Waals surface area contributed by atoms with E-state index >= 15 is 0 Å². The van der Waals surface area contributed by atoms with Crippen molar-refractivity contribution in [2.75, 3.05) is 38.0 Å². The Morgan fingerprint density at radius 2 is 1.56 bits per heavy atom. The van der Waals surface area contributed by atoms with Gasteiger partial charge in [-0.15, -0.1) is 0 Å². The molecule has 0 radical (unpaired) electrons. The number of hydrogen-bond acceptors (Lipinski definition) is 2. The SMILES string of the molecule is CC(C)c1c([SiH3])ccc(N(C)C)c1N(C)C. The van der Waals surface area contributed by atoms with Gasteiger partial charge >= 0.3 is 0 Å². The first-order chi connectivity index (χ1) is 7.36. The van der Waals surface area contributed by atoms with Gasteiger partial charge < -0.3 is 9.80 Å². The van der Waals surface area contributed by atoms with E-state index in [1.165, 1.54) is 22.1 Å². The molecule has 1 aromatic rings. The Labute approximate surface area is 103 Å². The third-order valence-electron chi connectivity index (χ3n) is 2.92. The molecule has 0 atom stereocenters. The predicted octanol–water partition coefficient (Wildman–Crippen LogP) is 0.933. The highest BCUT2D eigenvalue weighted by molar-refractivity contribution is 6.34. The van der Waals surface area contributed by atoms with Gasteiger partial charge in [-0.2, -0.15) is 0 Å². The first-order valence-electron chi connectivity index (χ1n) is 5.84. The number of benzene rings is 1. The summed E-state index contributed by atoms with van der Waals surface area (Å²) in [6, 6.07) is 4.52. The smallest absolute Gasteiger partial charge is 0.0632 e. The minimum Gasteiger partial charge on any atom is -0.376 e. The van der Waals surface area contributed by atoms with Crippen LogP contribution in [0.15, 0.2) is 12.1 Å². The monoisotopic (exact) mass is 236 g/mol. The van der Waals surface area contributed by atoms with E-state index in [0.717, 1.165) is 10.2 Å². The van der Waals surface area contributed by atoms with Gasteiger partial charge in [0.2, 0.25) is 0 Å². The summed E-state index contributed by atoms with van der Waals surface area (Å²) >= 11 is 0. The Hall–Kier alpha value is -0.963. The lowest BCUT2D eigenvalue weighted by atomic mass is 9.99. The maximum Gasteiger partial charge on any atom is 0.0632 e. The van der Waals surface area contributed by atoms with Crippen molar-refractivity contribution in [2.45, 2.75) is 19.8 Å². The maximum atomic E-state index is 2.28. The van der Waals surface area contributed by atoms with Crippen LogP contribution in [0.1, 0.15) is 25.3 Å². The highest BCUT2D eigenvalue weighted by Gasteiger charge is 2.16. The van der Waals surface area contributed by atoms with Crippen LogP contribution in [0.2, 0.25) is 0 Å². The number of hydrogen-bond donors (Lipinski definition) is 0. The van der Waals surface area contributed by atoms with Crippen LogP contribution in [-0.4, -0.2) is 38.4 Å². The molecule has 0 fully saturated rings. The summed E-state index contributed by atoms with van der Waals surface area (Å²) < 4.78 is 0. The molecule has 0 N–H and O–H groups in total. The van der Waals surface area contributed by atoms with Crippen molar-refractivity contribution in [3.05, 3.63) is 17.7 Å². The molecule has 0 heterocycles. The van der Waals surface area contributed by atoms with Gasteiger partial charge in [0, 0.05) is 38.4 Å². The molecule has 1 rings (SSSR count). The van der Waals surface area contributed by atoms with Crippen molar-refractivity contribution in [1.82, 2.24) is 0 Å². The second kappa shape index (κ2) is 4.91. The molecular formula is C13H24N2Si. The molecule has 0 aromatic heterocycles. The lowest BCUT2D eigenvalue weighted by Crippen LogP contribution is -2.24. The van der Waals surface area contributed by atoms with Crippen molar-refractivity contribution >= 4 is 26.8 Å². The highest BCUT2D eigenvalue weighted by atomic mass is 28.1. The summed E-state index contributed by atoms with van der Waals surface area (Å²) in [6.07, 6.45) is 0. The quantitative estimate of drug-likeness (QED) is 0.721. The lowest BCUT2D eigenvalue weighted by Gasteiger charge is -2.28. The molecule has 0 saturated heterocycles. The molecule has 0 aliphatic carbocycles. The first kappa shape index (κ1) is 13.1. The van der Waals surface area contributed by atoms with Crippen molar-refractivity contribution in [2.24, 2.45) is 0 Å². The van der Waals surface area contributed by atoms with Gasteiger partial charge in [0.1, 0.15) is 0 Å². The van der Waals surface area contributed by atoms with Crippen LogP contribution in [-0.2, 0) is 0 Å². The summed E-state index contributed by atoms with van der Waals surface area (Å²) in [4.78, 5) is 4.44. The largest absolute Gasteiger partial charge is 0.376 e. The molecule has 1 aromatic carbocycles. The summed E-state index contributed by atoms with van der Waals surface area (Å²) in [5.41, 5.74) is 4.21. The van der Waals surface area contributed by atoms with E-state index in [-0.39, 0.29) is 0 Å². The van der Waals surface area contributed by atoms with Gasteiger partial charge in [-0.25, -0.2) is 0 Å². The third kappa shape index (κ3) is 2.40. The van der Waals surface area contributed by atoms with Crippen LogP contribution in [0.25, 0.3) is 0 Å². The molecule has 0 bridgehead atoms. The van der Waals surface area contributed by atoms with E-state index in [1.807, 2.05) is 0 Å². The number of nitrogens with zero attached hydrogens (tertiary/aromatic N) is 2. The van der Waals surface area contributed by atoms with Gasteiger partial charge in [-0.3, -0.25) is 0 Å². The van der Waals surface area contributed by atoms with Crippen molar-refractivity contribution in [3.63, 3.8) is 0 Å². The zero-order valence-electron chi connectivity index (χ0n) is 11.6. The molecule has 0 aliphatic heterocycles. The van der Waals surface area contributed by atoms with Gasteiger partial charge in [-0.1, -0.05) is 25.1 Å². The Kier molecular flexibility index (Phi) is 4.02. The van der Waals surface area contributed by atoms with Gasteiger partial charge in [0.05, 0.1) is 11.4 Å². The molecule has 0 unspecified atom stereocenters. The van der Waals surface area contributed by atoms with Crippen molar-refractivity contribution in [3.8, 4) is 0 Å². The molecule has 0 spiro atoms. The summed E-state index contributed by atoms with van der Waals surface area (Å²) in [5, 5.41) is 1.52. The molecule has 90 valence electrons. The van der Waals surface area contributed by atoms with Crippen LogP contribution < -0.4 is 15.0 Å². The Balaban J connectivity index is 3.50. The minimum absolute atomic E-state index is 0.588. The van der Waals surface area contributed by atoms with Gasteiger partial charge in [0.15, 0.2) is 0 Å². The van der Waals surface area contributed by atoms with Crippen molar-refractivity contribution in [1.29, 1.82) is 0 Å². The average Bonchev–Trinajstić information content (AvgIpc) is 2.15. The fourth-order valence-electron chi connectivity index (χ4n) is 2.26. The normalized spacial score (nSPS) is 10.9. The summed E-state index contributed by atoms with van der Waals surface area (Å²) in [6.45, 7) is 4.56. The van der Waals surface area contributed by atoms with Gasteiger partial charge in [-0.05, 0) is 17.5 Å². The van der Waals surface area contributed by atoms with E-state index in [2.05, 4.69) is 64.0 Å². The molecular weight excluding hydrogens is 212 g/mol. The zero-order chi connectivity index (χ0) is 12.5. The highest BCUT2D eigenvalue weighted by Crippen LogP contribution is 2.33. The van der Waals surface area contributed by atoms with Crippen LogP contribution >= 0.6 is 0 Å². The summed E-state index contributed by atoms with van der Waals surface area (Å²) in [5.74, 6) is 0.588. The zero-order valence-corrected chi connectivity index (χ0v) is 13.6. The molecule has 2 nitrogen and oxygen atoms in total. The first-order valence-corrected chi connectivity index (χ1v) is 6.84. The lowest BCUT2D eigenvalue weighted by molar-refractivity contribution is 0.863. The standard InChI is InChI=1S/C13H24N2Si/c1-9(2)12-11(16)8-7-10(14(3)4)13(12)15(5)6/h7-9H,1-6,16H3. The Morgan fingerprint density at radius 3 is 1.94 bits per heavy atom. The van der Waals surface area contributed by atoms with E-state index in [1.54, 1.807) is 0 Å². The summed E-state index contributed by atoms with van der Waals surface area (Å²) in [7, 11) is 9.61. The topological polar surface area (TPSA) is 6.48 Å². The van der Waals surface area contributed by atoms with Crippen molar-refractivity contribution < 1.29 is 0 Å². The molecule has 16 heavy (non-hydrogen) atoms. The average molecular weight is 236 g/mol. The Bertz CT molecular complexity index is 370. The van der Waals surface area contributed by atoms with Gasteiger partial charge in [0.25, 0.3) is 0 Å². The van der Waals surface area contributed by atoms with Crippen LogP contribution in [0.3, 0.4) is 0 Å². The van der Waals surface area contributed by atoms with E-state index < -0.39 is 0 Å². The fourth-order valence-corrected chi connectivity index (χ4v) is 3.24. The molecule has 0 saturated carbocycles. The third-order valence-corrected chi connectivity index (χ3v) is 3.79. The number of anilines is 2. The Morgan fingerprint density at radius 1 is 1.00 bits per heavy atom. The van der Waals surface area contributed by atoms with E-state index in [4.69, 9.17) is 0 Å². The minimum atomic E-state index is 0.588. The molecule has 0 aliphatic rings. The number of rotatable bonds is 3. The second-order valence-corrected chi connectivity index (χ2v) is 6.18. The molecule has 0 amide bonds. The van der Waals surface area contributed by atoms with Crippen LogP contribution in [0.5, 0.6) is 0 Å². The van der Waals surface area contributed by atoms with E-state index in [9.17, 15) is 0 Å². The van der Waals surface area contributed by atoms with E-state index in [0.29, 0.717) is 5.92 Å². The predicted molar refractivity (Wildman–Crippen MR) is 78.8 cm³/mol. The van der Waals surface area contributed by atoms with Crippen LogP contribution in [0, 0.1) is 0 Å². The van der Waals surface area contributed by atoms with Crippen LogP contribution in [0.4, 0.5) is 11.4 Å². The maximum absolute atomic E-state index is 2.28.